The average Bonchev–Trinajstić information content (AvgIpc) is 2.84. The maximum Gasteiger partial charge on any atom is 0.227 e. The van der Waals surface area contributed by atoms with Gasteiger partial charge in [-0.3, -0.25) is 9.69 Å². The molecule has 2 aliphatic rings. The molecule has 0 spiro atoms. The molecule has 3 unspecified atom stereocenters. The molecule has 2 fully saturated rings. The van der Waals surface area contributed by atoms with Crippen LogP contribution in [0.25, 0.3) is 0 Å². The maximum atomic E-state index is 11.8. The zero-order chi connectivity index (χ0) is 11.8. The summed E-state index contributed by atoms with van der Waals surface area (Å²) in [6, 6.07) is 0.173. The molecule has 5 nitrogen and oxygen atoms in total. The number of aliphatic hydroxyl groups is 1. The number of likely N-dealkylation sites (tertiary alicyclic amines) is 1. The first-order chi connectivity index (χ1) is 7.57. The molecule has 0 bridgehead atoms. The largest absolute Gasteiger partial charge is 0.390 e. The Balaban J connectivity index is 1.99. The lowest BCUT2D eigenvalue weighted by Gasteiger charge is -2.28. The van der Waals surface area contributed by atoms with Crippen LogP contribution in [0, 0.1) is 5.41 Å². The minimum atomic E-state index is -0.299. The van der Waals surface area contributed by atoms with Gasteiger partial charge in [0, 0.05) is 32.7 Å². The number of hydrogen-bond donors (Lipinski definition) is 3. The lowest BCUT2D eigenvalue weighted by molar-refractivity contribution is -0.129. The number of carbonyl (C=O) groups is 1. The standard InChI is InChI=1S/C11H21N3O2/c1-11(10(16)12-2)3-4-14(7-11)8-5-13-6-9(8)15/h8-9,13,15H,3-7H2,1-2H3,(H,12,16). The lowest BCUT2D eigenvalue weighted by Crippen LogP contribution is -2.45. The molecule has 2 saturated heterocycles. The molecule has 0 radical (unpaired) electrons. The van der Waals surface area contributed by atoms with E-state index in [0.29, 0.717) is 6.54 Å². The smallest absolute Gasteiger partial charge is 0.227 e. The van der Waals surface area contributed by atoms with Gasteiger partial charge in [0.2, 0.25) is 5.91 Å². The Morgan fingerprint density at radius 1 is 1.56 bits per heavy atom. The van der Waals surface area contributed by atoms with Crippen LogP contribution >= 0.6 is 0 Å². The van der Waals surface area contributed by atoms with E-state index in [1.54, 1.807) is 7.05 Å². The Morgan fingerprint density at radius 3 is 2.88 bits per heavy atom. The van der Waals surface area contributed by atoms with Crippen LogP contribution in [0.3, 0.4) is 0 Å². The molecule has 92 valence electrons. The highest BCUT2D eigenvalue weighted by atomic mass is 16.3. The van der Waals surface area contributed by atoms with E-state index in [1.807, 2.05) is 6.92 Å². The molecule has 0 aromatic heterocycles. The Bertz CT molecular complexity index is 284. The molecular weight excluding hydrogens is 206 g/mol. The van der Waals surface area contributed by atoms with Gasteiger partial charge in [-0.1, -0.05) is 0 Å². The maximum absolute atomic E-state index is 11.8. The van der Waals surface area contributed by atoms with Crippen molar-refractivity contribution in [2.45, 2.75) is 25.5 Å². The summed E-state index contributed by atoms with van der Waals surface area (Å²) in [5.41, 5.74) is -0.295. The summed E-state index contributed by atoms with van der Waals surface area (Å²) >= 11 is 0. The van der Waals surface area contributed by atoms with Crippen molar-refractivity contribution in [2.75, 3.05) is 33.2 Å². The molecule has 2 rings (SSSR count). The number of nitrogens with one attached hydrogen (secondary N) is 2. The minimum absolute atomic E-state index is 0.107. The third kappa shape index (κ3) is 1.95. The number of nitrogens with zero attached hydrogens (tertiary/aromatic N) is 1. The number of rotatable bonds is 2. The molecule has 1 amide bonds. The van der Waals surface area contributed by atoms with E-state index in [4.69, 9.17) is 0 Å². The van der Waals surface area contributed by atoms with E-state index in [2.05, 4.69) is 15.5 Å². The minimum Gasteiger partial charge on any atom is -0.390 e. The van der Waals surface area contributed by atoms with Crippen LogP contribution in [0.5, 0.6) is 0 Å². The third-order valence-corrected chi connectivity index (χ3v) is 3.90. The molecule has 0 aliphatic carbocycles. The van der Waals surface area contributed by atoms with Crippen LogP contribution < -0.4 is 10.6 Å². The molecule has 0 aromatic carbocycles. The van der Waals surface area contributed by atoms with Crippen LogP contribution in [0.15, 0.2) is 0 Å². The van der Waals surface area contributed by atoms with E-state index in [0.717, 1.165) is 26.1 Å². The molecule has 2 heterocycles. The first-order valence-corrected chi connectivity index (χ1v) is 5.92. The number of hydrogen-bond acceptors (Lipinski definition) is 4. The Hall–Kier alpha value is -0.650. The monoisotopic (exact) mass is 227 g/mol. The van der Waals surface area contributed by atoms with Crippen molar-refractivity contribution in [1.82, 2.24) is 15.5 Å². The van der Waals surface area contributed by atoms with Gasteiger partial charge in [0.1, 0.15) is 0 Å². The highest BCUT2D eigenvalue weighted by Gasteiger charge is 2.44. The van der Waals surface area contributed by atoms with Crippen LogP contribution in [-0.2, 0) is 4.79 Å². The van der Waals surface area contributed by atoms with Gasteiger partial charge in [0.05, 0.1) is 11.5 Å². The molecule has 16 heavy (non-hydrogen) atoms. The normalized spacial score (nSPS) is 40.2. The Kier molecular flexibility index (Phi) is 3.19. The number of β-amino-alcohol motifs (C(OH)–C–C–N with tert-alkyl or cyclic N) is 1. The van der Waals surface area contributed by atoms with Crippen molar-refractivity contribution in [3.05, 3.63) is 0 Å². The Morgan fingerprint density at radius 2 is 2.31 bits per heavy atom. The zero-order valence-corrected chi connectivity index (χ0v) is 9.99. The van der Waals surface area contributed by atoms with E-state index in [1.165, 1.54) is 0 Å². The fourth-order valence-corrected chi connectivity index (χ4v) is 2.79. The molecule has 3 N–H and O–H groups in total. The highest BCUT2D eigenvalue weighted by molar-refractivity contribution is 5.82. The van der Waals surface area contributed by atoms with E-state index < -0.39 is 0 Å². The fourth-order valence-electron chi connectivity index (χ4n) is 2.79. The van der Waals surface area contributed by atoms with Crippen molar-refractivity contribution >= 4 is 5.91 Å². The molecule has 3 atom stereocenters. The number of amides is 1. The van der Waals surface area contributed by atoms with Gasteiger partial charge in [-0.15, -0.1) is 0 Å². The first-order valence-electron chi connectivity index (χ1n) is 5.92. The van der Waals surface area contributed by atoms with Gasteiger partial charge < -0.3 is 15.7 Å². The van der Waals surface area contributed by atoms with Crippen LogP contribution in [-0.4, -0.2) is 61.3 Å². The summed E-state index contributed by atoms with van der Waals surface area (Å²) in [5, 5.41) is 15.7. The highest BCUT2D eigenvalue weighted by Crippen LogP contribution is 2.32. The third-order valence-electron chi connectivity index (χ3n) is 3.90. The van der Waals surface area contributed by atoms with Gasteiger partial charge in [-0.05, 0) is 19.9 Å². The second kappa shape index (κ2) is 4.31. The molecular formula is C11H21N3O2. The van der Waals surface area contributed by atoms with Crippen LogP contribution in [0.1, 0.15) is 13.3 Å². The van der Waals surface area contributed by atoms with Crippen molar-refractivity contribution in [2.24, 2.45) is 5.41 Å². The number of aliphatic hydroxyl groups excluding tert-OH is 1. The molecule has 0 saturated carbocycles. The predicted octanol–water partition coefficient (Wildman–Crippen LogP) is -1.22. The SMILES string of the molecule is CNC(=O)C1(C)CCN(C2CNCC2O)C1. The summed E-state index contributed by atoms with van der Waals surface area (Å²) < 4.78 is 0. The van der Waals surface area contributed by atoms with Gasteiger partial charge in [-0.25, -0.2) is 0 Å². The van der Waals surface area contributed by atoms with Crippen LogP contribution in [0.2, 0.25) is 0 Å². The van der Waals surface area contributed by atoms with Crippen LogP contribution in [0.4, 0.5) is 0 Å². The zero-order valence-electron chi connectivity index (χ0n) is 9.99. The fraction of sp³-hybridized carbons (Fsp3) is 0.909. The van der Waals surface area contributed by atoms with E-state index in [-0.39, 0.29) is 23.5 Å². The topological polar surface area (TPSA) is 64.6 Å². The quantitative estimate of drug-likeness (QED) is 0.553. The van der Waals surface area contributed by atoms with Gasteiger partial charge >= 0.3 is 0 Å². The number of carbonyl (C=O) groups excluding carboxylic acids is 1. The van der Waals surface area contributed by atoms with Gasteiger partial charge in [0.15, 0.2) is 0 Å². The van der Waals surface area contributed by atoms with E-state index in [9.17, 15) is 9.90 Å². The van der Waals surface area contributed by atoms with Gasteiger partial charge in [0.25, 0.3) is 0 Å². The molecule has 5 heteroatoms. The second-order valence-electron chi connectivity index (χ2n) is 5.15. The summed E-state index contributed by atoms with van der Waals surface area (Å²) in [5.74, 6) is 0.107. The van der Waals surface area contributed by atoms with Crippen molar-refractivity contribution < 1.29 is 9.90 Å². The summed E-state index contributed by atoms with van der Waals surface area (Å²) in [4.78, 5) is 14.0. The van der Waals surface area contributed by atoms with Crippen molar-refractivity contribution in [3.63, 3.8) is 0 Å². The average molecular weight is 227 g/mol. The van der Waals surface area contributed by atoms with Gasteiger partial charge in [-0.2, -0.15) is 0 Å². The summed E-state index contributed by atoms with van der Waals surface area (Å²) in [6.07, 6.45) is 0.572. The lowest BCUT2D eigenvalue weighted by atomic mass is 9.89. The Labute approximate surface area is 96.2 Å². The van der Waals surface area contributed by atoms with Crippen molar-refractivity contribution in [1.29, 1.82) is 0 Å². The second-order valence-corrected chi connectivity index (χ2v) is 5.15. The molecule has 2 aliphatic heterocycles. The van der Waals surface area contributed by atoms with Crippen molar-refractivity contribution in [3.8, 4) is 0 Å². The summed E-state index contributed by atoms with van der Waals surface area (Å²) in [7, 11) is 1.68. The first kappa shape index (κ1) is 11.8. The predicted molar refractivity (Wildman–Crippen MR) is 61.0 cm³/mol. The summed E-state index contributed by atoms with van der Waals surface area (Å²) in [6.45, 7) is 5.13. The molecule has 0 aromatic rings. The van der Waals surface area contributed by atoms with E-state index >= 15 is 0 Å².